The van der Waals surface area contributed by atoms with Crippen LogP contribution in [-0.2, 0) is 16.0 Å². The monoisotopic (exact) mass is 360 g/mol. The zero-order valence-corrected chi connectivity index (χ0v) is 15.2. The number of rotatable bonds is 9. The van der Waals surface area contributed by atoms with Crippen LogP contribution in [0.2, 0.25) is 0 Å². The zero-order chi connectivity index (χ0) is 19.1. The van der Waals surface area contributed by atoms with E-state index in [0.29, 0.717) is 11.8 Å². The van der Waals surface area contributed by atoms with E-state index in [1.165, 1.54) is 12.1 Å². The van der Waals surface area contributed by atoms with Gasteiger partial charge in [0, 0.05) is 11.5 Å². The van der Waals surface area contributed by atoms with Crippen LogP contribution in [0.4, 0.5) is 0 Å². The zero-order valence-electron chi connectivity index (χ0n) is 15.2. The van der Waals surface area contributed by atoms with E-state index in [1.54, 1.807) is 13.0 Å². The van der Waals surface area contributed by atoms with Crippen LogP contribution in [0, 0.1) is 0 Å². The molecule has 26 heavy (non-hydrogen) atoms. The number of carbonyl (C=O) groups excluding carboxylic acids is 2. The van der Waals surface area contributed by atoms with Gasteiger partial charge in [-0.05, 0) is 37.5 Å². The summed E-state index contributed by atoms with van der Waals surface area (Å²) >= 11 is 0. The molecule has 0 bridgehead atoms. The fourth-order valence-corrected chi connectivity index (χ4v) is 2.78. The lowest BCUT2D eigenvalue weighted by molar-refractivity contribution is -0.141. The SMILES string of the molecule is CCCCCCc1cc2cc(C(=O)CC(=O)OCC)c(=O)oc2cc1O. The molecule has 140 valence electrons. The molecule has 0 unspecified atom stereocenters. The standard InChI is InChI=1S/C20H24O6/c1-3-5-6-7-8-13-9-14-10-15(17(22)12-19(23)25-4-2)20(24)26-18(14)11-16(13)21/h9-11,21H,3-8,12H2,1-2H3. The van der Waals surface area contributed by atoms with Crippen LogP contribution < -0.4 is 5.63 Å². The third kappa shape index (κ3) is 4.94. The minimum Gasteiger partial charge on any atom is -0.508 e. The van der Waals surface area contributed by atoms with E-state index >= 15 is 0 Å². The second-order valence-electron chi connectivity index (χ2n) is 6.18. The normalized spacial score (nSPS) is 10.8. The Morgan fingerprint density at radius 1 is 1.12 bits per heavy atom. The van der Waals surface area contributed by atoms with Gasteiger partial charge < -0.3 is 14.3 Å². The van der Waals surface area contributed by atoms with Gasteiger partial charge in [-0.3, -0.25) is 9.59 Å². The number of hydrogen-bond acceptors (Lipinski definition) is 6. The van der Waals surface area contributed by atoms with Crippen molar-refractivity contribution in [1.29, 1.82) is 0 Å². The number of ether oxygens (including phenoxy) is 1. The summed E-state index contributed by atoms with van der Waals surface area (Å²) in [6, 6.07) is 4.53. The van der Waals surface area contributed by atoms with Gasteiger partial charge in [0.25, 0.3) is 0 Å². The molecule has 1 aromatic carbocycles. The first kappa shape index (κ1) is 19.7. The molecule has 0 atom stereocenters. The van der Waals surface area contributed by atoms with Gasteiger partial charge in [0.05, 0.1) is 6.61 Å². The third-order valence-corrected chi connectivity index (χ3v) is 4.14. The van der Waals surface area contributed by atoms with Gasteiger partial charge in [0.2, 0.25) is 0 Å². The Morgan fingerprint density at radius 3 is 2.58 bits per heavy atom. The van der Waals surface area contributed by atoms with Gasteiger partial charge in [-0.15, -0.1) is 0 Å². The molecule has 0 fully saturated rings. The Hall–Kier alpha value is -2.63. The summed E-state index contributed by atoms with van der Waals surface area (Å²) in [5, 5.41) is 10.7. The first-order valence-electron chi connectivity index (χ1n) is 8.94. The molecule has 2 aromatic rings. The molecule has 6 heteroatoms. The number of esters is 1. The topological polar surface area (TPSA) is 93.8 Å². The Kier molecular flexibility index (Phi) is 6.95. The Labute approximate surface area is 151 Å². The molecule has 0 saturated carbocycles. The van der Waals surface area contributed by atoms with Crippen molar-refractivity contribution in [1.82, 2.24) is 0 Å². The maximum Gasteiger partial charge on any atom is 0.347 e. The number of carbonyl (C=O) groups is 2. The number of ketones is 1. The van der Waals surface area contributed by atoms with Gasteiger partial charge >= 0.3 is 11.6 Å². The summed E-state index contributed by atoms with van der Waals surface area (Å²) in [4.78, 5) is 35.7. The van der Waals surface area contributed by atoms with Crippen LogP contribution in [0.15, 0.2) is 27.4 Å². The number of phenols is 1. The fraction of sp³-hybridized carbons (Fsp3) is 0.450. The number of aromatic hydroxyl groups is 1. The summed E-state index contributed by atoms with van der Waals surface area (Å²) in [5.41, 5.74) is -0.0705. The van der Waals surface area contributed by atoms with Crippen molar-refractivity contribution in [3.63, 3.8) is 0 Å². The molecule has 1 heterocycles. The predicted molar refractivity (Wildman–Crippen MR) is 97.6 cm³/mol. The van der Waals surface area contributed by atoms with Crippen LogP contribution >= 0.6 is 0 Å². The average molecular weight is 360 g/mol. The molecular weight excluding hydrogens is 336 g/mol. The van der Waals surface area contributed by atoms with Crippen molar-refractivity contribution < 1.29 is 23.8 Å². The predicted octanol–water partition coefficient (Wildman–Crippen LogP) is 3.76. The largest absolute Gasteiger partial charge is 0.508 e. The van der Waals surface area contributed by atoms with Crippen LogP contribution in [-0.4, -0.2) is 23.5 Å². The van der Waals surface area contributed by atoms with Crippen LogP contribution in [0.3, 0.4) is 0 Å². The van der Waals surface area contributed by atoms with E-state index in [0.717, 1.165) is 31.2 Å². The lowest BCUT2D eigenvalue weighted by Crippen LogP contribution is -2.18. The van der Waals surface area contributed by atoms with Gasteiger partial charge in [0.15, 0.2) is 5.78 Å². The van der Waals surface area contributed by atoms with Gasteiger partial charge in [0.1, 0.15) is 23.3 Å². The van der Waals surface area contributed by atoms with E-state index in [4.69, 9.17) is 9.15 Å². The van der Waals surface area contributed by atoms with Gasteiger partial charge in [-0.2, -0.15) is 0 Å². The number of benzene rings is 1. The quantitative estimate of drug-likeness (QED) is 0.241. The maximum atomic E-state index is 12.2. The van der Waals surface area contributed by atoms with Crippen molar-refractivity contribution in [3.8, 4) is 5.75 Å². The molecule has 0 aliphatic carbocycles. The van der Waals surface area contributed by atoms with Gasteiger partial charge in [-0.1, -0.05) is 26.2 Å². The molecule has 0 aliphatic rings. The van der Waals surface area contributed by atoms with E-state index in [1.807, 2.05) is 0 Å². The second-order valence-corrected chi connectivity index (χ2v) is 6.18. The second kappa shape index (κ2) is 9.17. The van der Waals surface area contributed by atoms with Crippen molar-refractivity contribution >= 4 is 22.7 Å². The minimum atomic E-state index is -0.832. The number of fused-ring (bicyclic) bond motifs is 1. The number of aryl methyl sites for hydroxylation is 1. The van der Waals surface area contributed by atoms with E-state index < -0.39 is 23.8 Å². The summed E-state index contributed by atoms with van der Waals surface area (Å²) in [6.45, 7) is 3.94. The smallest absolute Gasteiger partial charge is 0.347 e. The minimum absolute atomic E-state index is 0.0720. The molecule has 1 aromatic heterocycles. The summed E-state index contributed by atoms with van der Waals surface area (Å²) < 4.78 is 9.88. The first-order chi connectivity index (χ1) is 12.5. The molecule has 0 amide bonds. The Bertz CT molecular complexity index is 849. The van der Waals surface area contributed by atoms with Crippen LogP contribution in [0.1, 0.15) is 61.9 Å². The number of hydrogen-bond donors (Lipinski definition) is 1. The highest BCUT2D eigenvalue weighted by molar-refractivity contribution is 6.06. The molecule has 0 spiro atoms. The Balaban J connectivity index is 2.28. The first-order valence-corrected chi connectivity index (χ1v) is 8.94. The van der Waals surface area contributed by atoms with Gasteiger partial charge in [-0.25, -0.2) is 4.79 Å². The van der Waals surface area contributed by atoms with Crippen molar-refractivity contribution in [2.75, 3.05) is 6.61 Å². The summed E-state index contributed by atoms with van der Waals surface area (Å²) in [7, 11) is 0. The third-order valence-electron chi connectivity index (χ3n) is 4.14. The maximum absolute atomic E-state index is 12.2. The average Bonchev–Trinajstić information content (AvgIpc) is 2.58. The highest BCUT2D eigenvalue weighted by atomic mass is 16.5. The number of Topliss-reactive ketones (excluding diaryl/α,β-unsaturated/α-hetero) is 1. The van der Waals surface area contributed by atoms with E-state index in [-0.39, 0.29) is 23.5 Å². The highest BCUT2D eigenvalue weighted by Gasteiger charge is 2.18. The molecule has 0 saturated heterocycles. The van der Waals surface area contributed by atoms with Crippen molar-refractivity contribution in [2.24, 2.45) is 0 Å². The summed E-state index contributed by atoms with van der Waals surface area (Å²) in [5.74, 6) is -1.25. The molecule has 6 nitrogen and oxygen atoms in total. The molecular formula is C20H24O6. The van der Waals surface area contributed by atoms with Crippen molar-refractivity contribution in [3.05, 3.63) is 39.7 Å². The molecule has 1 N–H and O–H groups in total. The van der Waals surface area contributed by atoms with Crippen LogP contribution in [0.5, 0.6) is 5.75 Å². The number of phenolic OH excluding ortho intramolecular Hbond substituents is 1. The number of unbranched alkanes of at least 4 members (excludes halogenated alkanes) is 3. The Morgan fingerprint density at radius 2 is 1.88 bits per heavy atom. The molecule has 0 aliphatic heterocycles. The van der Waals surface area contributed by atoms with E-state index in [2.05, 4.69) is 6.92 Å². The van der Waals surface area contributed by atoms with Crippen molar-refractivity contribution in [2.45, 2.75) is 52.4 Å². The fourth-order valence-electron chi connectivity index (χ4n) is 2.78. The molecule has 2 rings (SSSR count). The summed E-state index contributed by atoms with van der Waals surface area (Å²) in [6.07, 6.45) is 4.47. The van der Waals surface area contributed by atoms with Crippen LogP contribution in [0.25, 0.3) is 11.0 Å². The highest BCUT2D eigenvalue weighted by Crippen LogP contribution is 2.26. The lowest BCUT2D eigenvalue weighted by atomic mass is 10.0. The van der Waals surface area contributed by atoms with E-state index in [9.17, 15) is 19.5 Å². The molecule has 0 radical (unpaired) electrons. The lowest BCUT2D eigenvalue weighted by Gasteiger charge is -2.07.